The number of hydrogen-bond donors (Lipinski definition) is 2. The maximum atomic E-state index is 12.1. The third-order valence-corrected chi connectivity index (χ3v) is 3.93. The monoisotopic (exact) mass is 337 g/mol. The van der Waals surface area contributed by atoms with E-state index < -0.39 is 6.10 Å². The molecule has 0 aliphatic heterocycles. The van der Waals surface area contributed by atoms with Gasteiger partial charge in [0.2, 0.25) is 0 Å². The molecule has 0 fully saturated rings. The van der Waals surface area contributed by atoms with Crippen LogP contribution in [0.15, 0.2) is 39.4 Å². The quantitative estimate of drug-likeness (QED) is 0.900. The number of furan rings is 1. The molecule has 2 N–H and O–H groups in total. The van der Waals surface area contributed by atoms with E-state index in [0.717, 1.165) is 15.6 Å². The molecule has 2 rings (SSSR count). The molecule has 0 saturated heterocycles. The molecule has 2 aromatic rings. The Kier molecular flexibility index (Phi) is 4.62. The van der Waals surface area contributed by atoms with Crippen LogP contribution in [0.25, 0.3) is 0 Å². The van der Waals surface area contributed by atoms with Crippen LogP contribution in [-0.4, -0.2) is 17.6 Å². The van der Waals surface area contributed by atoms with Crippen LogP contribution in [0.4, 0.5) is 0 Å². The van der Waals surface area contributed by atoms with Crippen LogP contribution in [0, 0.1) is 13.8 Å². The van der Waals surface area contributed by atoms with Crippen molar-refractivity contribution in [1.29, 1.82) is 0 Å². The lowest BCUT2D eigenvalue weighted by Gasteiger charge is -2.12. The predicted molar refractivity (Wildman–Crippen MR) is 79.6 cm³/mol. The molecule has 5 heteroatoms. The van der Waals surface area contributed by atoms with Crippen molar-refractivity contribution in [1.82, 2.24) is 5.32 Å². The zero-order valence-corrected chi connectivity index (χ0v) is 12.9. The first-order chi connectivity index (χ1) is 9.49. The number of carbonyl (C=O) groups excluding carboxylic acids is 1. The number of nitrogens with one attached hydrogen (secondary N) is 1. The number of aryl methyl sites for hydroxylation is 2. The summed E-state index contributed by atoms with van der Waals surface area (Å²) in [6.07, 6.45) is 0.647. The molecule has 1 unspecified atom stereocenters. The van der Waals surface area contributed by atoms with Crippen LogP contribution in [-0.2, 0) is 0 Å². The smallest absolute Gasteiger partial charge is 0.251 e. The number of rotatable bonds is 4. The molecule has 1 heterocycles. The highest BCUT2D eigenvalue weighted by Crippen LogP contribution is 2.21. The van der Waals surface area contributed by atoms with Gasteiger partial charge in [0.05, 0.1) is 12.8 Å². The summed E-state index contributed by atoms with van der Waals surface area (Å²) in [6.45, 7) is 3.92. The van der Waals surface area contributed by atoms with Crippen molar-refractivity contribution in [3.63, 3.8) is 0 Å². The second kappa shape index (κ2) is 6.24. The first kappa shape index (κ1) is 14.8. The molecule has 1 aromatic heterocycles. The molecule has 0 radical (unpaired) electrons. The molecule has 0 aliphatic carbocycles. The van der Waals surface area contributed by atoms with Crippen LogP contribution in [0.3, 0.4) is 0 Å². The van der Waals surface area contributed by atoms with Crippen molar-refractivity contribution in [2.75, 3.05) is 6.54 Å². The van der Waals surface area contributed by atoms with Gasteiger partial charge in [-0.05, 0) is 49.2 Å². The summed E-state index contributed by atoms with van der Waals surface area (Å²) >= 11 is 3.43. The van der Waals surface area contributed by atoms with Gasteiger partial charge in [-0.3, -0.25) is 4.79 Å². The van der Waals surface area contributed by atoms with Crippen molar-refractivity contribution >= 4 is 21.8 Å². The molecule has 0 spiro atoms. The van der Waals surface area contributed by atoms with Gasteiger partial charge in [0.15, 0.2) is 0 Å². The fraction of sp³-hybridized carbons (Fsp3) is 0.267. The first-order valence-corrected chi connectivity index (χ1v) is 7.04. The van der Waals surface area contributed by atoms with Gasteiger partial charge >= 0.3 is 0 Å². The van der Waals surface area contributed by atoms with E-state index in [1.165, 1.54) is 6.26 Å². The van der Waals surface area contributed by atoms with Gasteiger partial charge in [0, 0.05) is 10.0 Å². The second-order valence-corrected chi connectivity index (χ2v) is 5.51. The lowest BCUT2D eigenvalue weighted by molar-refractivity contribution is 0.0900. The Morgan fingerprint density at radius 1 is 1.40 bits per heavy atom. The maximum Gasteiger partial charge on any atom is 0.251 e. The Morgan fingerprint density at radius 2 is 2.15 bits per heavy atom. The van der Waals surface area contributed by atoms with Crippen LogP contribution in [0.1, 0.15) is 33.3 Å². The number of halogens is 1. The minimum absolute atomic E-state index is 0.112. The third kappa shape index (κ3) is 3.29. The molecule has 1 atom stereocenters. The summed E-state index contributed by atoms with van der Waals surface area (Å²) in [6, 6.07) is 7.11. The third-order valence-electron chi connectivity index (χ3n) is 3.08. The highest BCUT2D eigenvalue weighted by molar-refractivity contribution is 9.10. The summed E-state index contributed by atoms with van der Waals surface area (Å²) in [4.78, 5) is 12.1. The molecule has 106 valence electrons. The molecular weight excluding hydrogens is 322 g/mol. The van der Waals surface area contributed by atoms with E-state index in [-0.39, 0.29) is 12.5 Å². The van der Waals surface area contributed by atoms with Crippen LogP contribution >= 0.6 is 15.9 Å². The summed E-state index contributed by atoms with van der Waals surface area (Å²) in [5, 5.41) is 12.6. The van der Waals surface area contributed by atoms with Crippen molar-refractivity contribution in [3.05, 3.63) is 57.5 Å². The van der Waals surface area contributed by atoms with Crippen LogP contribution in [0.2, 0.25) is 0 Å². The van der Waals surface area contributed by atoms with Gasteiger partial charge in [0.25, 0.3) is 5.91 Å². The van der Waals surface area contributed by atoms with Crippen molar-refractivity contribution < 1.29 is 14.3 Å². The maximum absolute atomic E-state index is 12.1. The number of aliphatic hydroxyl groups is 1. The predicted octanol–water partition coefficient (Wildman–Crippen LogP) is 3.12. The summed E-state index contributed by atoms with van der Waals surface area (Å²) in [7, 11) is 0. The number of aliphatic hydroxyl groups excluding tert-OH is 1. The Hall–Kier alpha value is -1.59. The highest BCUT2D eigenvalue weighted by Gasteiger charge is 2.15. The fourth-order valence-corrected chi connectivity index (χ4v) is 2.35. The Bertz CT molecular complexity index is 608. The summed E-state index contributed by atoms with van der Waals surface area (Å²) in [5.74, 6) is 0.234. The average molecular weight is 338 g/mol. The topological polar surface area (TPSA) is 62.5 Å². The van der Waals surface area contributed by atoms with Gasteiger partial charge in [-0.2, -0.15) is 0 Å². The number of hydrogen-bond acceptors (Lipinski definition) is 3. The Morgan fingerprint density at radius 3 is 2.80 bits per heavy atom. The van der Waals surface area contributed by atoms with Crippen LogP contribution in [0.5, 0.6) is 0 Å². The van der Waals surface area contributed by atoms with Crippen molar-refractivity contribution in [2.45, 2.75) is 20.0 Å². The van der Waals surface area contributed by atoms with Gasteiger partial charge in [0.1, 0.15) is 11.9 Å². The fourth-order valence-electron chi connectivity index (χ4n) is 1.89. The van der Waals surface area contributed by atoms with E-state index in [4.69, 9.17) is 4.42 Å². The highest BCUT2D eigenvalue weighted by atomic mass is 79.9. The lowest BCUT2D eigenvalue weighted by atomic mass is 10.0. The molecule has 0 bridgehead atoms. The van der Waals surface area contributed by atoms with E-state index in [1.54, 1.807) is 12.1 Å². The zero-order chi connectivity index (χ0) is 14.7. The van der Waals surface area contributed by atoms with E-state index >= 15 is 0 Å². The minimum Gasteiger partial charge on any atom is -0.467 e. The number of carbonyl (C=O) groups is 1. The molecule has 20 heavy (non-hydrogen) atoms. The normalized spacial score (nSPS) is 12.2. The second-order valence-electron chi connectivity index (χ2n) is 4.66. The Balaban J connectivity index is 2.04. The zero-order valence-electron chi connectivity index (χ0n) is 11.3. The number of amides is 1. The number of benzene rings is 1. The molecule has 1 amide bonds. The summed E-state index contributed by atoms with van der Waals surface area (Å²) < 4.78 is 6.06. The molecular formula is C15H16BrNO3. The largest absolute Gasteiger partial charge is 0.467 e. The minimum atomic E-state index is -0.842. The molecule has 1 aromatic carbocycles. The lowest BCUT2D eigenvalue weighted by Crippen LogP contribution is -2.28. The molecule has 0 saturated carbocycles. The average Bonchev–Trinajstić information content (AvgIpc) is 2.94. The van der Waals surface area contributed by atoms with E-state index in [2.05, 4.69) is 21.2 Å². The van der Waals surface area contributed by atoms with E-state index in [1.807, 2.05) is 26.0 Å². The standard InChI is InChI=1S/C15H16BrNO3/c1-9-7-12(16)10(2)6-11(9)15(19)17-8-13(18)14-4-3-5-20-14/h3-7,13,18H,8H2,1-2H3,(H,17,19). The van der Waals surface area contributed by atoms with Gasteiger partial charge in [-0.1, -0.05) is 15.9 Å². The van der Waals surface area contributed by atoms with Crippen LogP contribution < -0.4 is 5.32 Å². The van der Waals surface area contributed by atoms with Crippen molar-refractivity contribution in [3.8, 4) is 0 Å². The summed E-state index contributed by atoms with van der Waals surface area (Å²) in [5.41, 5.74) is 2.48. The van der Waals surface area contributed by atoms with Crippen molar-refractivity contribution in [2.24, 2.45) is 0 Å². The Labute approximate surface area is 125 Å². The van der Waals surface area contributed by atoms with Gasteiger partial charge < -0.3 is 14.8 Å². The van der Waals surface area contributed by atoms with E-state index in [0.29, 0.717) is 11.3 Å². The molecule has 0 aliphatic rings. The molecule has 4 nitrogen and oxygen atoms in total. The first-order valence-electron chi connectivity index (χ1n) is 6.25. The van der Waals surface area contributed by atoms with E-state index in [9.17, 15) is 9.90 Å². The van der Waals surface area contributed by atoms with Gasteiger partial charge in [-0.15, -0.1) is 0 Å². The van der Waals surface area contributed by atoms with Gasteiger partial charge in [-0.25, -0.2) is 0 Å². The SMILES string of the molecule is Cc1cc(C(=O)NCC(O)c2ccco2)c(C)cc1Br.